The van der Waals surface area contributed by atoms with Crippen molar-refractivity contribution in [3.05, 3.63) is 46.5 Å². The van der Waals surface area contributed by atoms with E-state index in [0.29, 0.717) is 12.2 Å². The van der Waals surface area contributed by atoms with Crippen molar-refractivity contribution >= 4 is 23.0 Å². The molecule has 1 fully saturated rings. The number of aromatic nitrogens is 2. The fourth-order valence-corrected chi connectivity index (χ4v) is 2.78. The minimum Gasteiger partial charge on any atom is -0.379 e. The molecular formula is C17H21FN6O3. The molecule has 144 valence electrons. The number of benzene rings is 1. The number of nitrogens with zero attached hydrogens (tertiary/aromatic N) is 4. The van der Waals surface area contributed by atoms with Gasteiger partial charge in [-0.3, -0.25) is 15.0 Å². The predicted molar refractivity (Wildman–Crippen MR) is 98.7 cm³/mol. The lowest BCUT2D eigenvalue weighted by molar-refractivity contribution is -0.383. The van der Waals surface area contributed by atoms with Crippen molar-refractivity contribution in [2.45, 2.75) is 6.42 Å². The monoisotopic (exact) mass is 376 g/mol. The minimum absolute atomic E-state index is 0.0530. The van der Waals surface area contributed by atoms with Crippen LogP contribution in [-0.2, 0) is 4.74 Å². The van der Waals surface area contributed by atoms with Crippen LogP contribution in [0.5, 0.6) is 0 Å². The number of nitro groups is 1. The molecule has 2 heterocycles. The summed E-state index contributed by atoms with van der Waals surface area (Å²) >= 11 is 0. The maximum Gasteiger partial charge on any atom is 0.353 e. The van der Waals surface area contributed by atoms with Crippen LogP contribution >= 0.6 is 0 Å². The third-order valence-electron chi connectivity index (χ3n) is 4.16. The van der Waals surface area contributed by atoms with E-state index in [-0.39, 0.29) is 23.1 Å². The second kappa shape index (κ2) is 9.19. The van der Waals surface area contributed by atoms with E-state index < -0.39 is 4.92 Å². The molecule has 1 aromatic heterocycles. The maximum atomic E-state index is 13.0. The Hall–Kier alpha value is -2.85. The second-order valence-electron chi connectivity index (χ2n) is 6.04. The van der Waals surface area contributed by atoms with Gasteiger partial charge in [0.1, 0.15) is 12.1 Å². The molecule has 1 aliphatic rings. The zero-order valence-corrected chi connectivity index (χ0v) is 14.7. The Bertz CT molecular complexity index is 768. The molecule has 0 unspecified atom stereocenters. The Balaban J connectivity index is 1.63. The number of halogens is 1. The summed E-state index contributed by atoms with van der Waals surface area (Å²) in [5, 5.41) is 17.4. The van der Waals surface area contributed by atoms with Crippen LogP contribution in [0.3, 0.4) is 0 Å². The van der Waals surface area contributed by atoms with Gasteiger partial charge in [0.25, 0.3) is 0 Å². The smallest absolute Gasteiger partial charge is 0.353 e. The Labute approximate surface area is 155 Å². The molecule has 10 heteroatoms. The van der Waals surface area contributed by atoms with E-state index in [9.17, 15) is 14.5 Å². The van der Waals surface area contributed by atoms with E-state index >= 15 is 0 Å². The van der Waals surface area contributed by atoms with Crippen molar-refractivity contribution < 1.29 is 14.1 Å². The summed E-state index contributed by atoms with van der Waals surface area (Å²) in [5.74, 6) is -0.181. The van der Waals surface area contributed by atoms with Crippen LogP contribution in [0.1, 0.15) is 6.42 Å². The molecule has 0 saturated carbocycles. The minimum atomic E-state index is -0.532. The normalized spacial score (nSPS) is 14.7. The summed E-state index contributed by atoms with van der Waals surface area (Å²) in [6.45, 7) is 4.71. The van der Waals surface area contributed by atoms with Crippen molar-refractivity contribution in [1.82, 2.24) is 14.9 Å². The van der Waals surface area contributed by atoms with Gasteiger partial charge < -0.3 is 15.4 Å². The van der Waals surface area contributed by atoms with E-state index in [0.717, 1.165) is 39.3 Å². The highest BCUT2D eigenvalue weighted by atomic mass is 19.1. The van der Waals surface area contributed by atoms with Gasteiger partial charge >= 0.3 is 5.69 Å². The summed E-state index contributed by atoms with van der Waals surface area (Å²) in [7, 11) is 0. The predicted octanol–water partition coefficient (Wildman–Crippen LogP) is 2.40. The first kappa shape index (κ1) is 18.9. The van der Waals surface area contributed by atoms with Gasteiger partial charge in [-0.15, -0.1) is 0 Å². The molecule has 2 N–H and O–H groups in total. The Morgan fingerprint density at radius 2 is 1.89 bits per heavy atom. The van der Waals surface area contributed by atoms with Crippen LogP contribution in [0, 0.1) is 15.9 Å². The number of morpholine rings is 1. The largest absolute Gasteiger partial charge is 0.379 e. The van der Waals surface area contributed by atoms with Crippen molar-refractivity contribution in [3.63, 3.8) is 0 Å². The lowest BCUT2D eigenvalue weighted by Crippen LogP contribution is -2.37. The van der Waals surface area contributed by atoms with Gasteiger partial charge in [0.15, 0.2) is 0 Å². The van der Waals surface area contributed by atoms with Crippen LogP contribution in [0.4, 0.5) is 27.4 Å². The highest BCUT2D eigenvalue weighted by Crippen LogP contribution is 2.31. The highest BCUT2D eigenvalue weighted by Gasteiger charge is 2.23. The third-order valence-corrected chi connectivity index (χ3v) is 4.16. The topological polar surface area (TPSA) is 105 Å². The molecule has 3 rings (SSSR count). The highest BCUT2D eigenvalue weighted by molar-refractivity contribution is 5.73. The zero-order chi connectivity index (χ0) is 19.1. The Kier molecular flexibility index (Phi) is 6.44. The van der Waals surface area contributed by atoms with Gasteiger partial charge in [-0.1, -0.05) is 0 Å². The molecule has 0 atom stereocenters. The molecular weight excluding hydrogens is 355 g/mol. The van der Waals surface area contributed by atoms with Crippen molar-refractivity contribution in [3.8, 4) is 0 Å². The van der Waals surface area contributed by atoms with Crippen molar-refractivity contribution in [2.75, 3.05) is 50.0 Å². The van der Waals surface area contributed by atoms with Gasteiger partial charge in [-0.05, 0) is 37.2 Å². The fourth-order valence-electron chi connectivity index (χ4n) is 2.78. The molecule has 2 aromatic rings. The summed E-state index contributed by atoms with van der Waals surface area (Å²) in [6, 6.07) is 5.49. The van der Waals surface area contributed by atoms with Crippen molar-refractivity contribution in [1.29, 1.82) is 0 Å². The summed E-state index contributed by atoms with van der Waals surface area (Å²) < 4.78 is 18.3. The second-order valence-corrected chi connectivity index (χ2v) is 6.04. The van der Waals surface area contributed by atoms with Crippen LogP contribution in [0.15, 0.2) is 30.6 Å². The van der Waals surface area contributed by atoms with Gasteiger partial charge in [-0.2, -0.15) is 0 Å². The van der Waals surface area contributed by atoms with Gasteiger partial charge in [0.05, 0.1) is 18.1 Å². The molecule has 0 amide bonds. The van der Waals surface area contributed by atoms with Gasteiger partial charge in [0.2, 0.25) is 11.6 Å². The number of hydrogen-bond acceptors (Lipinski definition) is 8. The molecule has 1 aromatic carbocycles. The standard InChI is InChI=1S/C17H21FN6O3/c18-13-2-4-14(5-3-13)22-17-15(24(25)26)16(20-12-21-17)19-6-1-7-23-8-10-27-11-9-23/h2-5,12H,1,6-11H2,(H2,19,20,21,22). The van der Waals surface area contributed by atoms with E-state index in [1.165, 1.54) is 30.6 Å². The van der Waals surface area contributed by atoms with E-state index in [4.69, 9.17) is 4.74 Å². The average molecular weight is 376 g/mol. The molecule has 0 aliphatic carbocycles. The van der Waals surface area contributed by atoms with Crippen LogP contribution < -0.4 is 10.6 Å². The third kappa shape index (κ3) is 5.31. The first-order valence-electron chi connectivity index (χ1n) is 8.69. The van der Waals surface area contributed by atoms with E-state index in [1.807, 2.05) is 0 Å². The summed E-state index contributed by atoms with van der Waals surface area (Å²) in [4.78, 5) is 21.3. The van der Waals surface area contributed by atoms with Gasteiger partial charge in [-0.25, -0.2) is 14.4 Å². The molecule has 0 radical (unpaired) electrons. The average Bonchev–Trinajstić information content (AvgIpc) is 2.68. The van der Waals surface area contributed by atoms with Gasteiger partial charge in [0, 0.05) is 25.3 Å². The summed E-state index contributed by atoms with van der Waals surface area (Å²) in [6.07, 6.45) is 2.07. The van der Waals surface area contributed by atoms with Crippen molar-refractivity contribution in [2.24, 2.45) is 0 Å². The maximum absolute atomic E-state index is 13.0. The molecule has 1 saturated heterocycles. The lowest BCUT2D eigenvalue weighted by Gasteiger charge is -2.26. The summed E-state index contributed by atoms with van der Waals surface area (Å²) in [5.41, 5.74) is 0.254. The zero-order valence-electron chi connectivity index (χ0n) is 14.7. The van der Waals surface area contributed by atoms with Crippen LogP contribution in [0.25, 0.3) is 0 Å². The molecule has 0 spiro atoms. The number of anilines is 3. The van der Waals surface area contributed by atoms with Crippen LogP contribution in [-0.4, -0.2) is 59.2 Å². The SMILES string of the molecule is O=[N+]([O-])c1c(NCCCN2CCOCC2)ncnc1Nc1ccc(F)cc1. The number of rotatable bonds is 8. The lowest BCUT2D eigenvalue weighted by atomic mass is 10.3. The number of ether oxygens (including phenoxy) is 1. The van der Waals surface area contributed by atoms with E-state index in [2.05, 4.69) is 25.5 Å². The fraction of sp³-hybridized carbons (Fsp3) is 0.412. The van der Waals surface area contributed by atoms with Crippen LogP contribution in [0.2, 0.25) is 0 Å². The molecule has 27 heavy (non-hydrogen) atoms. The number of nitrogens with one attached hydrogen (secondary N) is 2. The number of hydrogen-bond donors (Lipinski definition) is 2. The molecule has 9 nitrogen and oxygen atoms in total. The quantitative estimate of drug-likeness (QED) is 0.411. The molecule has 1 aliphatic heterocycles. The molecule has 0 bridgehead atoms. The Morgan fingerprint density at radius 3 is 2.59 bits per heavy atom. The first-order chi connectivity index (χ1) is 13.1. The van der Waals surface area contributed by atoms with E-state index in [1.54, 1.807) is 0 Å². The first-order valence-corrected chi connectivity index (χ1v) is 8.69. The Morgan fingerprint density at radius 1 is 1.19 bits per heavy atom.